The van der Waals surface area contributed by atoms with Gasteiger partial charge in [0.25, 0.3) is 0 Å². The van der Waals surface area contributed by atoms with Crippen LogP contribution in [0.2, 0.25) is 0 Å². The maximum atomic E-state index is 4.60. The number of rotatable bonds is 3. The molecule has 0 atom stereocenters. The monoisotopic (exact) mass is 269 g/mol. The summed E-state index contributed by atoms with van der Waals surface area (Å²) < 4.78 is 1.08. The van der Waals surface area contributed by atoms with E-state index in [0.717, 1.165) is 35.6 Å². The average Bonchev–Trinajstić information content (AvgIpc) is 2.16. The predicted molar refractivity (Wildman–Crippen MR) is 66.4 cm³/mol. The van der Waals surface area contributed by atoms with Gasteiger partial charge in [-0.3, -0.25) is 0 Å². The van der Waals surface area contributed by atoms with E-state index in [4.69, 9.17) is 0 Å². The van der Waals surface area contributed by atoms with Crippen molar-refractivity contribution < 1.29 is 0 Å². The van der Waals surface area contributed by atoms with E-state index in [9.17, 15) is 0 Å². The lowest BCUT2D eigenvalue weighted by molar-refractivity contribution is 0.415. The molecule has 0 aromatic carbocycles. The molecule has 3 nitrogen and oxygen atoms in total. The van der Waals surface area contributed by atoms with Gasteiger partial charge in [-0.15, -0.1) is 0 Å². The van der Waals surface area contributed by atoms with Crippen molar-refractivity contribution in [3.8, 4) is 0 Å². The van der Waals surface area contributed by atoms with Crippen molar-refractivity contribution in [2.75, 3.05) is 24.5 Å². The quantitative estimate of drug-likeness (QED) is 0.910. The van der Waals surface area contributed by atoms with Gasteiger partial charge < -0.3 is 10.2 Å². The summed E-state index contributed by atoms with van der Waals surface area (Å²) in [6.07, 6.45) is 0. The van der Waals surface area contributed by atoms with Crippen LogP contribution >= 0.6 is 15.9 Å². The molecule has 1 aliphatic rings. The lowest BCUT2D eigenvalue weighted by Crippen LogP contribution is -2.57. The predicted octanol–water partition coefficient (Wildman–Crippen LogP) is 1.95. The number of likely N-dealkylation sites (N-methyl/N-ethyl adjacent to an activating group) is 1. The zero-order chi connectivity index (χ0) is 10.8. The number of nitrogens with one attached hydrogen (secondary N) is 1. The van der Waals surface area contributed by atoms with Crippen LogP contribution in [0.4, 0.5) is 5.82 Å². The maximum absolute atomic E-state index is 4.60. The van der Waals surface area contributed by atoms with Crippen LogP contribution in [0.15, 0.2) is 16.6 Å². The summed E-state index contributed by atoms with van der Waals surface area (Å²) in [7, 11) is 0. The first kappa shape index (κ1) is 10.9. The second-order valence-electron chi connectivity index (χ2n) is 3.83. The van der Waals surface area contributed by atoms with Crippen molar-refractivity contribution in [3.63, 3.8) is 0 Å². The third-order valence-electron chi connectivity index (χ3n) is 2.84. The zero-order valence-electron chi connectivity index (χ0n) is 9.13. The van der Waals surface area contributed by atoms with E-state index in [1.54, 1.807) is 0 Å². The zero-order valence-corrected chi connectivity index (χ0v) is 10.7. The van der Waals surface area contributed by atoms with Crippen LogP contribution in [0.25, 0.3) is 0 Å². The Labute approximate surface area is 99.0 Å². The van der Waals surface area contributed by atoms with Gasteiger partial charge in [-0.2, -0.15) is 0 Å². The molecule has 1 N–H and O–H groups in total. The molecule has 0 amide bonds. The highest BCUT2D eigenvalue weighted by Gasteiger charge is 2.24. The van der Waals surface area contributed by atoms with Gasteiger partial charge in [-0.1, -0.05) is 0 Å². The Morgan fingerprint density at radius 2 is 2.27 bits per heavy atom. The van der Waals surface area contributed by atoms with Crippen molar-refractivity contribution >= 4 is 21.7 Å². The van der Waals surface area contributed by atoms with Gasteiger partial charge in [0.1, 0.15) is 5.82 Å². The van der Waals surface area contributed by atoms with Gasteiger partial charge in [-0.25, -0.2) is 4.98 Å². The van der Waals surface area contributed by atoms with E-state index in [0.29, 0.717) is 6.04 Å². The molecule has 1 saturated heterocycles. The molecule has 0 bridgehead atoms. The molecule has 4 heteroatoms. The first-order valence-electron chi connectivity index (χ1n) is 5.33. The Bertz CT molecular complexity index is 350. The molecule has 1 aromatic rings. The van der Waals surface area contributed by atoms with E-state index in [-0.39, 0.29) is 0 Å². The average molecular weight is 270 g/mol. The standard InChI is InChI=1S/C11H16BrN3/c1-3-15(9-6-13-7-9)11-5-4-10(12)8(2)14-11/h4-5,9,13H,3,6-7H2,1-2H3. The molecule has 0 aliphatic carbocycles. The number of halogens is 1. The van der Waals surface area contributed by atoms with E-state index < -0.39 is 0 Å². The Kier molecular flexibility index (Phi) is 3.26. The molecular weight excluding hydrogens is 254 g/mol. The number of aromatic nitrogens is 1. The lowest BCUT2D eigenvalue weighted by Gasteiger charge is -2.38. The van der Waals surface area contributed by atoms with E-state index >= 15 is 0 Å². The molecule has 0 unspecified atom stereocenters. The van der Waals surface area contributed by atoms with Gasteiger partial charge >= 0.3 is 0 Å². The third kappa shape index (κ3) is 2.16. The molecule has 0 radical (unpaired) electrons. The SMILES string of the molecule is CCN(c1ccc(Br)c(C)n1)C1CNC1. The summed E-state index contributed by atoms with van der Waals surface area (Å²) in [4.78, 5) is 6.96. The first-order chi connectivity index (χ1) is 7.22. The smallest absolute Gasteiger partial charge is 0.129 e. The van der Waals surface area contributed by atoms with Crippen molar-refractivity contribution in [1.82, 2.24) is 10.3 Å². The van der Waals surface area contributed by atoms with Crippen LogP contribution in [-0.2, 0) is 0 Å². The highest BCUT2D eigenvalue weighted by molar-refractivity contribution is 9.10. The second-order valence-corrected chi connectivity index (χ2v) is 4.69. The Morgan fingerprint density at radius 1 is 1.53 bits per heavy atom. The van der Waals surface area contributed by atoms with Gasteiger partial charge in [0.05, 0.1) is 11.7 Å². The number of nitrogens with zero attached hydrogens (tertiary/aromatic N) is 2. The maximum Gasteiger partial charge on any atom is 0.129 e. The fourth-order valence-electron chi connectivity index (χ4n) is 1.79. The summed E-state index contributed by atoms with van der Waals surface area (Å²) in [5.41, 5.74) is 1.05. The van der Waals surface area contributed by atoms with Crippen molar-refractivity contribution in [3.05, 3.63) is 22.3 Å². The minimum Gasteiger partial charge on any atom is -0.351 e. The van der Waals surface area contributed by atoms with Gasteiger partial charge in [0, 0.05) is 24.1 Å². The number of aryl methyl sites for hydroxylation is 1. The fourth-order valence-corrected chi connectivity index (χ4v) is 2.01. The lowest BCUT2D eigenvalue weighted by atomic mass is 10.1. The number of anilines is 1. The Hall–Kier alpha value is -0.610. The molecule has 1 aliphatic heterocycles. The molecule has 0 saturated carbocycles. The van der Waals surface area contributed by atoms with Crippen LogP contribution in [0.5, 0.6) is 0 Å². The minimum atomic E-state index is 0.614. The highest BCUT2D eigenvalue weighted by Crippen LogP contribution is 2.21. The van der Waals surface area contributed by atoms with Gasteiger partial charge in [-0.05, 0) is 41.9 Å². The largest absolute Gasteiger partial charge is 0.351 e. The summed E-state index contributed by atoms with van der Waals surface area (Å²) in [5, 5.41) is 3.29. The van der Waals surface area contributed by atoms with Crippen molar-refractivity contribution in [1.29, 1.82) is 0 Å². The minimum absolute atomic E-state index is 0.614. The third-order valence-corrected chi connectivity index (χ3v) is 3.68. The van der Waals surface area contributed by atoms with E-state index in [2.05, 4.69) is 50.2 Å². The van der Waals surface area contributed by atoms with E-state index in [1.165, 1.54) is 0 Å². The summed E-state index contributed by atoms with van der Waals surface area (Å²) in [5.74, 6) is 1.09. The van der Waals surface area contributed by atoms with E-state index in [1.807, 2.05) is 6.92 Å². The van der Waals surface area contributed by atoms with Crippen LogP contribution in [0, 0.1) is 6.92 Å². The molecule has 1 fully saturated rings. The topological polar surface area (TPSA) is 28.2 Å². The molecular formula is C11H16BrN3. The Morgan fingerprint density at radius 3 is 2.73 bits per heavy atom. The molecule has 1 aromatic heterocycles. The molecule has 15 heavy (non-hydrogen) atoms. The molecule has 2 rings (SSSR count). The van der Waals surface area contributed by atoms with Crippen molar-refractivity contribution in [2.24, 2.45) is 0 Å². The van der Waals surface area contributed by atoms with Gasteiger partial charge in [0.15, 0.2) is 0 Å². The molecule has 82 valence electrons. The number of hydrogen-bond acceptors (Lipinski definition) is 3. The van der Waals surface area contributed by atoms with Crippen LogP contribution < -0.4 is 10.2 Å². The second kappa shape index (κ2) is 4.49. The highest BCUT2D eigenvalue weighted by atomic mass is 79.9. The Balaban J connectivity index is 2.21. The molecule has 2 heterocycles. The van der Waals surface area contributed by atoms with Crippen LogP contribution in [0.1, 0.15) is 12.6 Å². The summed E-state index contributed by atoms with van der Waals surface area (Å²) in [6.45, 7) is 7.37. The normalized spacial score (nSPS) is 16.2. The van der Waals surface area contributed by atoms with Crippen LogP contribution in [0.3, 0.4) is 0 Å². The first-order valence-corrected chi connectivity index (χ1v) is 6.12. The fraction of sp³-hybridized carbons (Fsp3) is 0.545. The number of pyridine rings is 1. The molecule has 0 spiro atoms. The summed E-state index contributed by atoms with van der Waals surface area (Å²) in [6, 6.07) is 4.77. The number of hydrogen-bond donors (Lipinski definition) is 1. The summed E-state index contributed by atoms with van der Waals surface area (Å²) >= 11 is 3.48. The van der Waals surface area contributed by atoms with Gasteiger partial charge in [0.2, 0.25) is 0 Å². The van der Waals surface area contributed by atoms with Crippen molar-refractivity contribution in [2.45, 2.75) is 19.9 Å². The van der Waals surface area contributed by atoms with Crippen LogP contribution in [-0.4, -0.2) is 30.7 Å².